The van der Waals surface area contributed by atoms with Crippen molar-refractivity contribution >= 4 is 5.82 Å². The minimum atomic E-state index is -0.277. The van der Waals surface area contributed by atoms with E-state index < -0.39 is 0 Å². The largest absolute Gasteiger partial charge is 0.495 e. The molecule has 0 bridgehead atoms. The second kappa shape index (κ2) is 5.03. The minimum absolute atomic E-state index is 0.277. The van der Waals surface area contributed by atoms with Gasteiger partial charge in [-0.25, -0.2) is 5.43 Å². The lowest BCUT2D eigenvalue weighted by Gasteiger charge is -2.16. The molecule has 0 aliphatic rings. The molecular formula is C11H16N6O. The highest BCUT2D eigenvalue weighted by atomic mass is 16.5. The van der Waals surface area contributed by atoms with E-state index in [-0.39, 0.29) is 6.04 Å². The number of anilines is 1. The Kier molecular flexibility index (Phi) is 3.45. The predicted octanol–water partition coefficient (Wildman–Crippen LogP) is -0.0414. The van der Waals surface area contributed by atoms with E-state index in [1.165, 1.54) is 0 Å². The van der Waals surface area contributed by atoms with Crippen molar-refractivity contribution in [1.29, 1.82) is 0 Å². The number of nitrogen functional groups attached to an aromatic ring is 1. The molecule has 7 nitrogen and oxygen atoms in total. The first kappa shape index (κ1) is 12.3. The number of nitrogens with two attached hydrogens (primary N) is 2. The van der Waals surface area contributed by atoms with Crippen molar-refractivity contribution in [3.05, 3.63) is 35.8 Å². The monoisotopic (exact) mass is 248 g/mol. The van der Waals surface area contributed by atoms with E-state index in [0.717, 1.165) is 11.1 Å². The Labute approximate surface area is 105 Å². The van der Waals surface area contributed by atoms with E-state index in [1.807, 2.05) is 6.07 Å². The zero-order valence-electron chi connectivity index (χ0n) is 10.3. The average Bonchev–Trinajstić information content (AvgIpc) is 2.72. The molecular weight excluding hydrogens is 232 g/mol. The van der Waals surface area contributed by atoms with Gasteiger partial charge < -0.3 is 10.5 Å². The molecule has 5 N–H and O–H groups in total. The number of aromatic nitrogens is 3. The lowest BCUT2D eigenvalue weighted by molar-refractivity contribution is 0.411. The van der Waals surface area contributed by atoms with Gasteiger partial charge in [-0.05, 0) is 11.6 Å². The summed E-state index contributed by atoms with van der Waals surface area (Å²) in [6.07, 6.45) is 5.02. The van der Waals surface area contributed by atoms with Crippen LogP contribution in [0.3, 0.4) is 0 Å². The van der Waals surface area contributed by atoms with Gasteiger partial charge in [-0.1, -0.05) is 0 Å². The first-order valence-corrected chi connectivity index (χ1v) is 5.39. The molecule has 0 aromatic carbocycles. The molecule has 2 aromatic rings. The molecule has 0 saturated carbocycles. The van der Waals surface area contributed by atoms with Gasteiger partial charge in [0.15, 0.2) is 0 Å². The van der Waals surface area contributed by atoms with Crippen LogP contribution in [-0.4, -0.2) is 21.9 Å². The van der Waals surface area contributed by atoms with Crippen molar-refractivity contribution in [3.8, 4) is 5.75 Å². The normalized spacial score (nSPS) is 12.4. The Morgan fingerprint density at radius 3 is 2.72 bits per heavy atom. The highest BCUT2D eigenvalue weighted by molar-refractivity contribution is 5.45. The fraction of sp³-hybridized carbons (Fsp3) is 0.273. The fourth-order valence-corrected chi connectivity index (χ4v) is 1.76. The van der Waals surface area contributed by atoms with E-state index in [9.17, 15) is 0 Å². The molecule has 0 spiro atoms. The third kappa shape index (κ3) is 2.13. The van der Waals surface area contributed by atoms with Crippen LogP contribution in [0.4, 0.5) is 5.82 Å². The number of aryl methyl sites for hydroxylation is 1. The molecule has 0 saturated heterocycles. The van der Waals surface area contributed by atoms with Crippen LogP contribution in [0.25, 0.3) is 0 Å². The van der Waals surface area contributed by atoms with Gasteiger partial charge in [0.05, 0.1) is 25.5 Å². The first-order valence-electron chi connectivity index (χ1n) is 5.39. The summed E-state index contributed by atoms with van der Waals surface area (Å²) in [6.45, 7) is 0. The number of methoxy groups -OCH3 is 1. The summed E-state index contributed by atoms with van der Waals surface area (Å²) in [6, 6.07) is 1.57. The number of hydrazine groups is 1. The molecule has 18 heavy (non-hydrogen) atoms. The van der Waals surface area contributed by atoms with Crippen LogP contribution in [-0.2, 0) is 7.05 Å². The van der Waals surface area contributed by atoms with E-state index in [2.05, 4.69) is 15.5 Å². The Morgan fingerprint density at radius 2 is 2.17 bits per heavy atom. The number of rotatable bonds is 4. The molecule has 0 amide bonds. The van der Waals surface area contributed by atoms with Crippen LogP contribution < -0.4 is 21.7 Å². The SMILES string of the molecule is COc1cncc(C(NN)c2cnn(C)c2N)c1. The van der Waals surface area contributed by atoms with Crippen molar-refractivity contribution in [2.75, 3.05) is 12.8 Å². The lowest BCUT2D eigenvalue weighted by atomic mass is 10.0. The second-order valence-electron chi connectivity index (χ2n) is 3.87. The minimum Gasteiger partial charge on any atom is -0.495 e. The Hall–Kier alpha value is -2.12. The number of nitrogens with one attached hydrogen (secondary N) is 1. The Bertz CT molecular complexity index is 538. The van der Waals surface area contributed by atoms with E-state index in [0.29, 0.717) is 11.6 Å². The molecule has 2 heterocycles. The van der Waals surface area contributed by atoms with Crippen molar-refractivity contribution in [3.63, 3.8) is 0 Å². The van der Waals surface area contributed by atoms with Gasteiger partial charge in [-0.15, -0.1) is 0 Å². The maximum atomic E-state index is 5.94. The van der Waals surface area contributed by atoms with Crippen molar-refractivity contribution in [1.82, 2.24) is 20.2 Å². The molecule has 1 unspecified atom stereocenters. The molecule has 0 fully saturated rings. The van der Waals surface area contributed by atoms with Crippen LogP contribution in [0.5, 0.6) is 5.75 Å². The molecule has 0 aliphatic heterocycles. The molecule has 2 aromatic heterocycles. The van der Waals surface area contributed by atoms with Crippen LogP contribution in [0, 0.1) is 0 Å². The van der Waals surface area contributed by atoms with Gasteiger partial charge in [0.2, 0.25) is 0 Å². The van der Waals surface area contributed by atoms with Gasteiger partial charge >= 0.3 is 0 Å². The third-order valence-corrected chi connectivity index (χ3v) is 2.80. The molecule has 1 atom stereocenters. The molecule has 7 heteroatoms. The van der Waals surface area contributed by atoms with Gasteiger partial charge in [-0.2, -0.15) is 5.10 Å². The first-order chi connectivity index (χ1) is 8.67. The average molecular weight is 248 g/mol. The Balaban J connectivity index is 2.41. The summed E-state index contributed by atoms with van der Waals surface area (Å²) < 4.78 is 6.73. The molecule has 96 valence electrons. The van der Waals surface area contributed by atoms with Gasteiger partial charge in [-0.3, -0.25) is 15.5 Å². The number of nitrogens with zero attached hydrogens (tertiary/aromatic N) is 3. The third-order valence-electron chi connectivity index (χ3n) is 2.80. The summed E-state index contributed by atoms with van der Waals surface area (Å²) in [5.41, 5.74) is 10.3. The van der Waals surface area contributed by atoms with Crippen LogP contribution in [0.15, 0.2) is 24.7 Å². The van der Waals surface area contributed by atoms with Crippen LogP contribution in [0.1, 0.15) is 17.2 Å². The van der Waals surface area contributed by atoms with E-state index in [1.54, 1.807) is 37.4 Å². The summed E-state index contributed by atoms with van der Waals surface area (Å²) in [7, 11) is 3.36. The maximum absolute atomic E-state index is 5.94. The maximum Gasteiger partial charge on any atom is 0.137 e. The van der Waals surface area contributed by atoms with Gasteiger partial charge in [0.1, 0.15) is 11.6 Å². The van der Waals surface area contributed by atoms with E-state index >= 15 is 0 Å². The number of pyridine rings is 1. The van der Waals surface area contributed by atoms with Crippen LogP contribution >= 0.6 is 0 Å². The molecule has 0 radical (unpaired) electrons. The second-order valence-corrected chi connectivity index (χ2v) is 3.87. The Morgan fingerprint density at radius 1 is 1.39 bits per heavy atom. The van der Waals surface area contributed by atoms with Crippen LogP contribution in [0.2, 0.25) is 0 Å². The fourth-order valence-electron chi connectivity index (χ4n) is 1.76. The highest BCUT2D eigenvalue weighted by Gasteiger charge is 2.19. The smallest absolute Gasteiger partial charge is 0.137 e. The van der Waals surface area contributed by atoms with Gasteiger partial charge in [0.25, 0.3) is 0 Å². The van der Waals surface area contributed by atoms with Crippen molar-refractivity contribution < 1.29 is 4.74 Å². The topological polar surface area (TPSA) is 104 Å². The van der Waals surface area contributed by atoms with E-state index in [4.69, 9.17) is 16.3 Å². The molecule has 0 aliphatic carbocycles. The van der Waals surface area contributed by atoms with Gasteiger partial charge in [0, 0.05) is 18.8 Å². The van der Waals surface area contributed by atoms with Crippen molar-refractivity contribution in [2.45, 2.75) is 6.04 Å². The highest BCUT2D eigenvalue weighted by Crippen LogP contribution is 2.26. The summed E-state index contributed by atoms with van der Waals surface area (Å²) in [5, 5.41) is 4.10. The zero-order valence-corrected chi connectivity index (χ0v) is 10.3. The standard InChI is InChI=1S/C11H16N6O/c1-17-11(12)9(6-15-17)10(16-13)7-3-8(18-2)5-14-4-7/h3-6,10,16H,12-13H2,1-2H3. The molecule has 2 rings (SSSR count). The number of hydrogen-bond acceptors (Lipinski definition) is 6. The summed E-state index contributed by atoms with van der Waals surface area (Å²) in [4.78, 5) is 4.10. The zero-order chi connectivity index (χ0) is 13.1. The number of hydrogen-bond donors (Lipinski definition) is 3. The predicted molar refractivity (Wildman–Crippen MR) is 67.6 cm³/mol. The number of ether oxygens (including phenoxy) is 1. The summed E-state index contributed by atoms with van der Waals surface area (Å²) >= 11 is 0. The quantitative estimate of drug-likeness (QED) is 0.518. The lowest BCUT2D eigenvalue weighted by Crippen LogP contribution is -2.29. The summed E-state index contributed by atoms with van der Waals surface area (Å²) in [5.74, 6) is 6.81. The van der Waals surface area contributed by atoms with Crippen molar-refractivity contribution in [2.24, 2.45) is 12.9 Å².